The van der Waals surface area contributed by atoms with Crippen LogP contribution in [0.2, 0.25) is 0 Å². The second-order valence-corrected chi connectivity index (χ2v) is 8.37. The van der Waals surface area contributed by atoms with Gasteiger partial charge in [-0.15, -0.1) is 0 Å². The van der Waals surface area contributed by atoms with E-state index in [0.717, 1.165) is 0 Å². The minimum atomic E-state index is -0.678. The molecule has 1 fully saturated rings. The first-order valence-electron chi connectivity index (χ1n) is 9.94. The third-order valence-electron chi connectivity index (χ3n) is 4.63. The number of nitrogens with one attached hydrogen (secondary N) is 2. The van der Waals surface area contributed by atoms with Crippen LogP contribution in [-0.2, 0) is 14.3 Å². The number of esters is 1. The van der Waals surface area contributed by atoms with E-state index in [1.807, 2.05) is 25.7 Å². The number of carbonyl (C=O) groups is 3. The van der Waals surface area contributed by atoms with Crippen molar-refractivity contribution in [2.24, 2.45) is 5.73 Å². The fraction of sp³-hybridized carbons (Fsp3) is 0.524. The number of nitrogen functional groups attached to an aromatic ring is 1. The maximum absolute atomic E-state index is 12.7. The van der Waals surface area contributed by atoms with E-state index >= 15 is 0 Å². The van der Waals surface area contributed by atoms with E-state index in [0.29, 0.717) is 37.3 Å². The number of hydrogen-bond acceptors (Lipinski definition) is 6. The number of amidine groups is 1. The Hall–Kier alpha value is -2.94. The fourth-order valence-electron chi connectivity index (χ4n) is 3.10. The van der Waals surface area contributed by atoms with Crippen molar-refractivity contribution in [3.8, 4) is 0 Å². The summed E-state index contributed by atoms with van der Waals surface area (Å²) in [5.41, 5.74) is 5.81. The number of nitrogens with zero attached hydrogens (tertiary/aromatic N) is 2. The zero-order valence-corrected chi connectivity index (χ0v) is 18.0. The first kappa shape index (κ1) is 23.3. The highest BCUT2D eigenvalue weighted by molar-refractivity contribution is 5.99. The van der Waals surface area contributed by atoms with Crippen molar-refractivity contribution in [1.29, 1.82) is 5.41 Å². The molecule has 0 spiro atoms. The van der Waals surface area contributed by atoms with Crippen molar-refractivity contribution in [3.63, 3.8) is 0 Å². The lowest BCUT2D eigenvalue weighted by atomic mass is 10.1. The van der Waals surface area contributed by atoms with Gasteiger partial charge in [0.05, 0.1) is 6.54 Å². The van der Waals surface area contributed by atoms with E-state index in [9.17, 15) is 14.4 Å². The Morgan fingerprint density at radius 1 is 1.10 bits per heavy atom. The van der Waals surface area contributed by atoms with E-state index in [4.69, 9.17) is 15.9 Å². The molecular formula is C21H31N5O4. The highest BCUT2D eigenvalue weighted by atomic mass is 16.6. The number of benzene rings is 1. The molecule has 1 heterocycles. The van der Waals surface area contributed by atoms with Gasteiger partial charge in [-0.25, -0.2) is 0 Å². The Labute approximate surface area is 177 Å². The molecule has 1 saturated heterocycles. The highest BCUT2D eigenvalue weighted by Crippen LogP contribution is 2.10. The Morgan fingerprint density at radius 3 is 2.13 bits per heavy atom. The van der Waals surface area contributed by atoms with Crippen molar-refractivity contribution in [1.82, 2.24) is 15.1 Å². The van der Waals surface area contributed by atoms with Crippen LogP contribution in [0.15, 0.2) is 24.3 Å². The molecule has 1 aromatic carbocycles. The second kappa shape index (κ2) is 9.71. The molecule has 1 aliphatic heterocycles. The summed E-state index contributed by atoms with van der Waals surface area (Å²) in [5, 5.41) is 10.1. The van der Waals surface area contributed by atoms with Crippen LogP contribution in [0.5, 0.6) is 0 Å². The lowest BCUT2D eigenvalue weighted by molar-refractivity contribution is -0.156. The maximum atomic E-state index is 12.7. The van der Waals surface area contributed by atoms with Crippen LogP contribution in [0, 0.1) is 5.41 Å². The van der Waals surface area contributed by atoms with Crippen molar-refractivity contribution in [2.45, 2.75) is 39.3 Å². The number of carbonyl (C=O) groups excluding carboxylic acids is 3. The standard InChI is InChI=1S/C21H31N5O4/c1-14(24-19(28)16-7-5-15(6-8-16)18(22)23)20(29)26-11-9-25(10-12-26)13-17(27)30-21(2,3)4/h5-8,14H,9-13H2,1-4H3,(H3,22,23)(H,24,28)/t14-/m0/s1. The molecule has 164 valence electrons. The summed E-state index contributed by atoms with van der Waals surface area (Å²) in [6.07, 6.45) is 0. The van der Waals surface area contributed by atoms with Gasteiger partial charge in [-0.05, 0) is 39.8 Å². The Bertz CT molecular complexity index is 793. The number of nitrogens with two attached hydrogens (primary N) is 1. The molecule has 1 atom stereocenters. The van der Waals surface area contributed by atoms with E-state index in [2.05, 4.69) is 5.32 Å². The predicted octanol–water partition coefficient (Wildman–Crippen LogP) is 0.575. The van der Waals surface area contributed by atoms with Gasteiger partial charge in [0.2, 0.25) is 5.91 Å². The molecule has 0 aliphatic carbocycles. The van der Waals surface area contributed by atoms with Crippen molar-refractivity contribution >= 4 is 23.6 Å². The normalized spacial score (nSPS) is 15.9. The molecule has 0 unspecified atom stereocenters. The van der Waals surface area contributed by atoms with Crippen molar-refractivity contribution < 1.29 is 19.1 Å². The van der Waals surface area contributed by atoms with Crippen LogP contribution in [0.4, 0.5) is 0 Å². The molecule has 0 radical (unpaired) electrons. The molecule has 0 aromatic heterocycles. The summed E-state index contributed by atoms with van der Waals surface area (Å²) in [4.78, 5) is 40.7. The van der Waals surface area contributed by atoms with Crippen LogP contribution in [0.3, 0.4) is 0 Å². The lowest BCUT2D eigenvalue weighted by Gasteiger charge is -2.35. The highest BCUT2D eigenvalue weighted by Gasteiger charge is 2.27. The summed E-state index contributed by atoms with van der Waals surface area (Å²) in [5.74, 6) is -0.884. The molecule has 0 bridgehead atoms. The van der Waals surface area contributed by atoms with E-state index in [1.165, 1.54) is 0 Å². The first-order valence-corrected chi connectivity index (χ1v) is 9.94. The molecule has 1 aromatic rings. The quantitative estimate of drug-likeness (QED) is 0.353. The first-order chi connectivity index (χ1) is 14.0. The summed E-state index contributed by atoms with van der Waals surface area (Å²) in [6.45, 7) is 9.43. The Morgan fingerprint density at radius 2 is 1.63 bits per heavy atom. The van der Waals surface area contributed by atoms with Crippen LogP contribution in [-0.4, -0.2) is 77.8 Å². The van der Waals surface area contributed by atoms with Gasteiger partial charge in [0.1, 0.15) is 17.5 Å². The molecule has 4 N–H and O–H groups in total. The van der Waals surface area contributed by atoms with Gasteiger partial charge >= 0.3 is 5.97 Å². The average molecular weight is 418 g/mol. The van der Waals surface area contributed by atoms with Gasteiger partial charge < -0.3 is 20.7 Å². The van der Waals surface area contributed by atoms with Gasteiger partial charge in [-0.2, -0.15) is 0 Å². The number of ether oxygens (including phenoxy) is 1. The van der Waals surface area contributed by atoms with E-state index < -0.39 is 11.6 Å². The molecule has 1 aliphatic rings. The molecule has 30 heavy (non-hydrogen) atoms. The summed E-state index contributed by atoms with van der Waals surface area (Å²) in [6, 6.07) is 5.64. The molecule has 0 saturated carbocycles. The molecule has 9 heteroatoms. The third-order valence-corrected chi connectivity index (χ3v) is 4.63. The minimum absolute atomic E-state index is 0.0729. The van der Waals surface area contributed by atoms with Crippen LogP contribution >= 0.6 is 0 Å². The fourth-order valence-corrected chi connectivity index (χ4v) is 3.10. The maximum Gasteiger partial charge on any atom is 0.320 e. The second-order valence-electron chi connectivity index (χ2n) is 8.37. The summed E-state index contributed by atoms with van der Waals surface area (Å²) < 4.78 is 5.33. The average Bonchev–Trinajstić information content (AvgIpc) is 2.66. The third kappa shape index (κ3) is 6.84. The van der Waals surface area contributed by atoms with Gasteiger partial charge in [0.15, 0.2) is 0 Å². The number of hydrogen-bond donors (Lipinski definition) is 3. The number of amides is 2. The molecule has 2 rings (SSSR count). The van der Waals surface area contributed by atoms with E-state index in [1.54, 1.807) is 36.1 Å². The summed E-state index contributed by atoms with van der Waals surface area (Å²) in [7, 11) is 0. The number of rotatable bonds is 6. The smallest absolute Gasteiger partial charge is 0.320 e. The van der Waals surface area contributed by atoms with Gasteiger partial charge in [-0.3, -0.25) is 24.7 Å². The van der Waals surface area contributed by atoms with Crippen molar-refractivity contribution in [2.75, 3.05) is 32.7 Å². The number of piperazine rings is 1. The Kier molecular flexibility index (Phi) is 7.55. The lowest BCUT2D eigenvalue weighted by Crippen LogP contribution is -2.55. The monoisotopic (exact) mass is 417 g/mol. The van der Waals surface area contributed by atoms with Crippen LogP contribution in [0.1, 0.15) is 43.6 Å². The van der Waals surface area contributed by atoms with Crippen LogP contribution < -0.4 is 11.1 Å². The molecular weight excluding hydrogens is 386 g/mol. The molecule has 2 amide bonds. The predicted molar refractivity (Wildman–Crippen MR) is 113 cm³/mol. The van der Waals surface area contributed by atoms with Crippen LogP contribution in [0.25, 0.3) is 0 Å². The minimum Gasteiger partial charge on any atom is -0.459 e. The molecule has 9 nitrogen and oxygen atoms in total. The Balaban J connectivity index is 1.82. The summed E-state index contributed by atoms with van der Waals surface area (Å²) >= 11 is 0. The van der Waals surface area contributed by atoms with E-state index in [-0.39, 0.29) is 30.2 Å². The zero-order valence-electron chi connectivity index (χ0n) is 18.0. The SMILES string of the molecule is C[C@H](NC(=O)c1ccc(C(=N)N)cc1)C(=O)N1CCN(CC(=O)OC(C)(C)C)CC1. The zero-order chi connectivity index (χ0) is 22.5. The van der Waals surface area contributed by atoms with Crippen molar-refractivity contribution in [3.05, 3.63) is 35.4 Å². The van der Waals surface area contributed by atoms with Gasteiger partial charge in [0, 0.05) is 37.3 Å². The van der Waals surface area contributed by atoms with Gasteiger partial charge in [-0.1, -0.05) is 12.1 Å². The van der Waals surface area contributed by atoms with Gasteiger partial charge in [0.25, 0.3) is 5.91 Å². The largest absolute Gasteiger partial charge is 0.459 e. The topological polar surface area (TPSA) is 129 Å².